The fraction of sp³-hybridized carbons (Fsp3) is 0.125. The van der Waals surface area contributed by atoms with E-state index in [0.717, 1.165) is 0 Å². The van der Waals surface area contributed by atoms with E-state index < -0.39 is 22.0 Å². The molecule has 0 heterocycles. The molecule has 0 saturated carbocycles. The number of hydrogen-bond donors (Lipinski definition) is 1. The van der Waals surface area contributed by atoms with E-state index in [9.17, 15) is 18.0 Å². The number of anilines is 1. The van der Waals surface area contributed by atoms with Gasteiger partial charge in [-0.25, -0.2) is 18.0 Å². The molecule has 2 aromatic rings. The Morgan fingerprint density at radius 1 is 1.00 bits per heavy atom. The number of ether oxygens (including phenoxy) is 2. The lowest BCUT2D eigenvalue weighted by Crippen LogP contribution is -2.15. The summed E-state index contributed by atoms with van der Waals surface area (Å²) in [4.78, 5) is 23.5. The number of carbonyl (C=O) groups excluding carboxylic acids is 2. The van der Waals surface area contributed by atoms with Gasteiger partial charge in [-0.15, -0.1) is 0 Å². The molecule has 0 aliphatic heterocycles. The number of nitrogens with one attached hydrogen (secondary N) is 1. The zero-order chi connectivity index (χ0) is 19.5. The maximum atomic E-state index is 12.6. The first-order valence-electron chi connectivity index (χ1n) is 6.97. The Bertz CT molecular complexity index is 942. The van der Waals surface area contributed by atoms with Crippen LogP contribution in [0.5, 0.6) is 0 Å². The molecule has 2 aromatic carbocycles. The second-order valence-electron chi connectivity index (χ2n) is 4.96. The summed E-state index contributed by atoms with van der Waals surface area (Å²) < 4.78 is 37.1. The number of carbonyl (C=O) groups is 2. The number of halogens is 2. The van der Waals surface area contributed by atoms with Crippen molar-refractivity contribution >= 4 is 55.2 Å². The van der Waals surface area contributed by atoms with Crippen LogP contribution in [0.3, 0.4) is 0 Å². The van der Waals surface area contributed by atoms with Gasteiger partial charge in [0.2, 0.25) is 0 Å². The van der Waals surface area contributed by atoms with Gasteiger partial charge in [0.25, 0.3) is 10.0 Å². The van der Waals surface area contributed by atoms with Crippen LogP contribution in [0.2, 0.25) is 5.02 Å². The third kappa shape index (κ3) is 4.54. The summed E-state index contributed by atoms with van der Waals surface area (Å²) in [5.74, 6) is -1.46. The van der Waals surface area contributed by atoms with Crippen LogP contribution in [-0.2, 0) is 19.5 Å². The van der Waals surface area contributed by atoms with Gasteiger partial charge in [-0.3, -0.25) is 4.72 Å². The average molecular weight is 463 g/mol. The highest BCUT2D eigenvalue weighted by Gasteiger charge is 2.19. The predicted molar refractivity (Wildman–Crippen MR) is 99.1 cm³/mol. The van der Waals surface area contributed by atoms with E-state index in [-0.39, 0.29) is 21.7 Å². The molecule has 0 bridgehead atoms. The number of sulfonamides is 1. The molecule has 0 saturated heterocycles. The highest BCUT2D eigenvalue weighted by atomic mass is 79.9. The SMILES string of the molecule is COC(=O)c1cc(NS(=O)(=O)c2ccc(Cl)c(Br)c2)cc(C(=O)OC)c1. The molecule has 1 N–H and O–H groups in total. The largest absolute Gasteiger partial charge is 0.465 e. The summed E-state index contributed by atoms with van der Waals surface area (Å²) in [7, 11) is -1.66. The van der Waals surface area contributed by atoms with E-state index in [1.54, 1.807) is 0 Å². The Kier molecular flexibility index (Phi) is 6.27. The molecule has 0 amide bonds. The van der Waals surface area contributed by atoms with Gasteiger partial charge < -0.3 is 9.47 Å². The third-order valence-electron chi connectivity index (χ3n) is 3.23. The van der Waals surface area contributed by atoms with Crippen molar-refractivity contribution in [2.24, 2.45) is 0 Å². The fourth-order valence-electron chi connectivity index (χ4n) is 2.02. The van der Waals surface area contributed by atoms with Crippen molar-refractivity contribution in [1.29, 1.82) is 0 Å². The minimum atomic E-state index is -3.99. The monoisotopic (exact) mass is 461 g/mol. The standard InChI is InChI=1S/C16H13BrClNO6S/c1-24-15(20)9-5-10(16(21)25-2)7-11(6-9)19-26(22,23)12-3-4-14(18)13(17)8-12/h3-8,19H,1-2H3. The van der Waals surface area contributed by atoms with E-state index >= 15 is 0 Å². The van der Waals surface area contributed by atoms with Gasteiger partial charge in [0.05, 0.1) is 41.0 Å². The van der Waals surface area contributed by atoms with Gasteiger partial charge in [-0.1, -0.05) is 11.6 Å². The van der Waals surface area contributed by atoms with Gasteiger partial charge in [0.15, 0.2) is 0 Å². The van der Waals surface area contributed by atoms with Crippen LogP contribution in [0.15, 0.2) is 45.8 Å². The number of methoxy groups -OCH3 is 2. The summed E-state index contributed by atoms with van der Waals surface area (Å²) in [5.41, 5.74) is -0.0184. The van der Waals surface area contributed by atoms with E-state index in [4.69, 9.17) is 11.6 Å². The van der Waals surface area contributed by atoms with Crippen LogP contribution in [0.25, 0.3) is 0 Å². The minimum absolute atomic E-state index is 0.000581. The Morgan fingerprint density at radius 2 is 1.54 bits per heavy atom. The second kappa shape index (κ2) is 8.07. The first kappa shape index (κ1) is 20.2. The first-order valence-corrected chi connectivity index (χ1v) is 9.63. The highest BCUT2D eigenvalue weighted by molar-refractivity contribution is 9.10. The van der Waals surface area contributed by atoms with Crippen molar-refractivity contribution in [3.63, 3.8) is 0 Å². The van der Waals surface area contributed by atoms with E-state index in [2.05, 4.69) is 30.1 Å². The van der Waals surface area contributed by atoms with Crippen molar-refractivity contribution in [2.45, 2.75) is 4.90 Å². The predicted octanol–water partition coefficient (Wildman–Crippen LogP) is 3.48. The molecular formula is C16H13BrClNO6S. The molecule has 26 heavy (non-hydrogen) atoms. The average Bonchev–Trinajstić information content (AvgIpc) is 2.61. The van der Waals surface area contributed by atoms with Gasteiger partial charge in [-0.05, 0) is 52.3 Å². The lowest BCUT2D eigenvalue weighted by Gasteiger charge is -2.11. The quantitative estimate of drug-likeness (QED) is 0.683. The molecular weight excluding hydrogens is 450 g/mol. The van der Waals surface area contributed by atoms with Crippen LogP contribution in [0, 0.1) is 0 Å². The van der Waals surface area contributed by atoms with Crippen molar-refractivity contribution in [2.75, 3.05) is 18.9 Å². The smallest absolute Gasteiger partial charge is 0.337 e. The summed E-state index contributed by atoms with van der Waals surface area (Å²) in [5, 5.41) is 0.351. The molecule has 0 atom stereocenters. The maximum absolute atomic E-state index is 12.6. The van der Waals surface area contributed by atoms with Crippen LogP contribution in [0.1, 0.15) is 20.7 Å². The normalized spacial score (nSPS) is 10.9. The minimum Gasteiger partial charge on any atom is -0.465 e. The topological polar surface area (TPSA) is 98.8 Å². The van der Waals surface area contributed by atoms with Gasteiger partial charge in [0.1, 0.15) is 0 Å². The van der Waals surface area contributed by atoms with E-state index in [1.807, 2.05) is 0 Å². The number of rotatable bonds is 5. The molecule has 7 nitrogen and oxygen atoms in total. The lowest BCUT2D eigenvalue weighted by molar-refractivity contribution is 0.0599. The van der Waals surface area contributed by atoms with Gasteiger partial charge in [0, 0.05) is 4.47 Å². The van der Waals surface area contributed by atoms with Crippen LogP contribution in [-0.4, -0.2) is 34.6 Å². The zero-order valence-corrected chi connectivity index (χ0v) is 16.7. The molecule has 0 aliphatic rings. The molecule has 0 aromatic heterocycles. The lowest BCUT2D eigenvalue weighted by atomic mass is 10.1. The second-order valence-corrected chi connectivity index (χ2v) is 7.91. The molecule has 2 rings (SSSR count). The van der Waals surface area contributed by atoms with E-state index in [0.29, 0.717) is 9.50 Å². The molecule has 0 aliphatic carbocycles. The summed E-state index contributed by atoms with van der Waals surface area (Å²) in [6.45, 7) is 0. The van der Waals surface area contributed by atoms with Crippen LogP contribution < -0.4 is 4.72 Å². The molecule has 138 valence electrons. The Balaban J connectivity index is 2.48. The van der Waals surface area contributed by atoms with Crippen molar-refractivity contribution in [3.05, 3.63) is 57.0 Å². The maximum Gasteiger partial charge on any atom is 0.337 e. The fourth-order valence-corrected chi connectivity index (χ4v) is 3.73. The Morgan fingerprint density at radius 3 is 2.00 bits per heavy atom. The van der Waals surface area contributed by atoms with Crippen molar-refractivity contribution in [1.82, 2.24) is 0 Å². The van der Waals surface area contributed by atoms with Crippen molar-refractivity contribution in [3.8, 4) is 0 Å². The van der Waals surface area contributed by atoms with Gasteiger partial charge >= 0.3 is 11.9 Å². The Hall–Kier alpha value is -2.10. The zero-order valence-electron chi connectivity index (χ0n) is 13.6. The number of hydrogen-bond acceptors (Lipinski definition) is 6. The molecule has 0 radical (unpaired) electrons. The molecule has 0 unspecified atom stereocenters. The van der Waals surface area contributed by atoms with E-state index in [1.165, 1.54) is 50.6 Å². The molecule has 10 heteroatoms. The number of benzene rings is 2. The summed E-state index contributed by atoms with van der Waals surface area (Å²) >= 11 is 9.03. The summed E-state index contributed by atoms with van der Waals surface area (Å²) in [6, 6.07) is 7.82. The van der Waals surface area contributed by atoms with Crippen LogP contribution in [0.4, 0.5) is 5.69 Å². The first-order chi connectivity index (χ1) is 12.2. The Labute approximate surface area is 163 Å². The van der Waals surface area contributed by atoms with Crippen LogP contribution >= 0.6 is 27.5 Å². The molecule has 0 fully saturated rings. The third-order valence-corrected chi connectivity index (χ3v) is 5.82. The highest BCUT2D eigenvalue weighted by Crippen LogP contribution is 2.27. The van der Waals surface area contributed by atoms with Crippen molar-refractivity contribution < 1.29 is 27.5 Å². The summed E-state index contributed by atoms with van der Waals surface area (Å²) in [6.07, 6.45) is 0. The van der Waals surface area contributed by atoms with Gasteiger partial charge in [-0.2, -0.15) is 0 Å². The molecule has 0 spiro atoms. The number of esters is 2.